The second-order valence-corrected chi connectivity index (χ2v) is 7.84. The second kappa shape index (κ2) is 6.18. The largest absolute Gasteiger partial charge is 0.368 e. The van der Waals surface area contributed by atoms with Gasteiger partial charge in [0.05, 0.1) is 4.32 Å². The number of Topliss-reactive ketones (excluding diaryl/α,β-unsaturated/α-hetero) is 1. The number of halogens is 1. The van der Waals surface area contributed by atoms with Gasteiger partial charge in [0.2, 0.25) is 5.91 Å². The summed E-state index contributed by atoms with van der Waals surface area (Å²) in [5.74, 6) is 0.214. The molecule has 5 heteroatoms. The van der Waals surface area contributed by atoms with Crippen LogP contribution >= 0.6 is 15.9 Å². The predicted octanol–water partition coefficient (Wildman–Crippen LogP) is 2.71. The molecular weight excluding hydrogens is 332 g/mol. The number of carbonyl (C=O) groups is 2. The van der Waals surface area contributed by atoms with Crippen molar-refractivity contribution in [3.63, 3.8) is 0 Å². The Balaban J connectivity index is 1.98. The molecule has 1 fully saturated rings. The van der Waals surface area contributed by atoms with E-state index in [1.54, 1.807) is 6.92 Å². The Morgan fingerprint density at radius 3 is 2.00 bits per heavy atom. The minimum Gasteiger partial charge on any atom is -0.368 e. The molecule has 1 aromatic rings. The van der Waals surface area contributed by atoms with Crippen molar-refractivity contribution in [2.45, 2.75) is 25.1 Å². The molecular formula is C16H21BrN2O2. The number of alkyl halides is 1. The Morgan fingerprint density at radius 1 is 1.05 bits per heavy atom. The van der Waals surface area contributed by atoms with Gasteiger partial charge >= 0.3 is 0 Å². The molecule has 4 nitrogen and oxygen atoms in total. The van der Waals surface area contributed by atoms with Gasteiger partial charge in [-0.05, 0) is 45.0 Å². The molecule has 21 heavy (non-hydrogen) atoms. The summed E-state index contributed by atoms with van der Waals surface area (Å²) < 4.78 is -0.502. The van der Waals surface area contributed by atoms with Gasteiger partial charge in [-0.25, -0.2) is 0 Å². The zero-order chi connectivity index (χ0) is 15.6. The SMILES string of the molecule is CC(=O)c1ccc(N2CCN(C(=O)C(C)(C)Br)CC2)cc1. The fourth-order valence-corrected chi connectivity index (χ4v) is 2.70. The number of carbonyl (C=O) groups excluding carboxylic acids is 2. The summed E-state index contributed by atoms with van der Waals surface area (Å²) in [5.41, 5.74) is 1.83. The fraction of sp³-hybridized carbons (Fsp3) is 0.500. The van der Waals surface area contributed by atoms with Gasteiger partial charge in [0.25, 0.3) is 0 Å². The summed E-state index contributed by atoms with van der Waals surface area (Å²) in [6, 6.07) is 7.67. The van der Waals surface area contributed by atoms with E-state index < -0.39 is 4.32 Å². The van der Waals surface area contributed by atoms with Crippen LogP contribution in [0.4, 0.5) is 5.69 Å². The van der Waals surface area contributed by atoms with E-state index in [-0.39, 0.29) is 11.7 Å². The van der Waals surface area contributed by atoms with Crippen LogP contribution in [0, 0.1) is 0 Å². The van der Waals surface area contributed by atoms with Gasteiger partial charge in [0.1, 0.15) is 0 Å². The maximum atomic E-state index is 12.2. The van der Waals surface area contributed by atoms with Crippen LogP contribution in [0.2, 0.25) is 0 Å². The number of benzene rings is 1. The van der Waals surface area contributed by atoms with Crippen molar-refractivity contribution in [2.24, 2.45) is 0 Å². The van der Waals surface area contributed by atoms with Crippen LogP contribution in [0.5, 0.6) is 0 Å². The topological polar surface area (TPSA) is 40.6 Å². The first-order valence-electron chi connectivity index (χ1n) is 7.13. The first-order valence-corrected chi connectivity index (χ1v) is 7.92. The highest BCUT2D eigenvalue weighted by Gasteiger charge is 2.31. The number of amides is 1. The van der Waals surface area contributed by atoms with Crippen molar-refractivity contribution >= 4 is 33.3 Å². The summed E-state index contributed by atoms with van der Waals surface area (Å²) in [4.78, 5) is 27.6. The lowest BCUT2D eigenvalue weighted by molar-refractivity contribution is -0.133. The van der Waals surface area contributed by atoms with Crippen molar-refractivity contribution in [2.75, 3.05) is 31.1 Å². The van der Waals surface area contributed by atoms with Gasteiger partial charge in [-0.2, -0.15) is 0 Å². The van der Waals surface area contributed by atoms with Crippen LogP contribution in [-0.2, 0) is 4.79 Å². The first-order chi connectivity index (χ1) is 9.79. The van der Waals surface area contributed by atoms with E-state index in [4.69, 9.17) is 0 Å². The Morgan fingerprint density at radius 2 is 1.57 bits per heavy atom. The van der Waals surface area contributed by atoms with E-state index in [9.17, 15) is 9.59 Å². The third-order valence-electron chi connectivity index (χ3n) is 3.71. The molecule has 0 atom stereocenters. The van der Waals surface area contributed by atoms with Gasteiger partial charge in [-0.1, -0.05) is 15.9 Å². The summed E-state index contributed by atoms with van der Waals surface area (Å²) in [6.07, 6.45) is 0. The van der Waals surface area contributed by atoms with Crippen LogP contribution in [-0.4, -0.2) is 47.1 Å². The summed E-state index contributed by atoms with van der Waals surface area (Å²) in [5, 5.41) is 0. The quantitative estimate of drug-likeness (QED) is 0.620. The normalized spacial score (nSPS) is 16.0. The molecule has 1 heterocycles. The lowest BCUT2D eigenvalue weighted by Crippen LogP contribution is -2.52. The maximum Gasteiger partial charge on any atom is 0.239 e. The fourth-order valence-electron chi connectivity index (χ4n) is 2.45. The highest BCUT2D eigenvalue weighted by Crippen LogP contribution is 2.22. The predicted molar refractivity (Wildman–Crippen MR) is 88.2 cm³/mol. The molecule has 0 saturated carbocycles. The van der Waals surface area contributed by atoms with Crippen molar-refractivity contribution in [3.05, 3.63) is 29.8 Å². The highest BCUT2D eigenvalue weighted by atomic mass is 79.9. The molecule has 0 spiro atoms. The van der Waals surface area contributed by atoms with Crippen LogP contribution in [0.3, 0.4) is 0 Å². The van der Waals surface area contributed by atoms with Crippen LogP contribution in [0.15, 0.2) is 24.3 Å². The molecule has 0 unspecified atom stereocenters. The zero-order valence-electron chi connectivity index (χ0n) is 12.7. The number of rotatable bonds is 3. The number of piperazine rings is 1. The van der Waals surface area contributed by atoms with Gasteiger partial charge in [0, 0.05) is 37.4 Å². The van der Waals surface area contributed by atoms with Crippen molar-refractivity contribution in [3.8, 4) is 0 Å². The molecule has 1 aromatic carbocycles. The average Bonchev–Trinajstić information content (AvgIpc) is 2.46. The Kier molecular flexibility index (Phi) is 4.71. The monoisotopic (exact) mass is 352 g/mol. The molecule has 0 bridgehead atoms. The summed E-state index contributed by atoms with van der Waals surface area (Å²) in [6.45, 7) is 8.40. The van der Waals surface area contributed by atoms with E-state index in [1.807, 2.05) is 43.0 Å². The van der Waals surface area contributed by atoms with Gasteiger partial charge in [0.15, 0.2) is 5.78 Å². The second-order valence-electron chi connectivity index (χ2n) is 5.85. The maximum absolute atomic E-state index is 12.2. The minimum atomic E-state index is -0.502. The van der Waals surface area contributed by atoms with Crippen molar-refractivity contribution < 1.29 is 9.59 Å². The number of hydrogen-bond acceptors (Lipinski definition) is 3. The third kappa shape index (κ3) is 3.84. The van der Waals surface area contributed by atoms with Crippen molar-refractivity contribution in [1.82, 2.24) is 4.90 Å². The van der Waals surface area contributed by atoms with E-state index in [2.05, 4.69) is 20.8 Å². The van der Waals surface area contributed by atoms with E-state index in [1.165, 1.54) is 0 Å². The number of hydrogen-bond donors (Lipinski definition) is 0. The van der Waals surface area contributed by atoms with Crippen LogP contribution in [0.25, 0.3) is 0 Å². The Labute approximate surface area is 134 Å². The molecule has 1 amide bonds. The standard InChI is InChI=1S/C16H21BrN2O2/c1-12(20)13-4-6-14(7-5-13)18-8-10-19(11-9-18)15(21)16(2,3)17/h4-7H,8-11H2,1-3H3. The number of anilines is 1. The minimum absolute atomic E-state index is 0.0801. The molecule has 0 N–H and O–H groups in total. The molecule has 1 saturated heterocycles. The lowest BCUT2D eigenvalue weighted by atomic mass is 10.1. The van der Waals surface area contributed by atoms with E-state index in [0.29, 0.717) is 0 Å². The van der Waals surface area contributed by atoms with Crippen molar-refractivity contribution in [1.29, 1.82) is 0 Å². The lowest BCUT2D eigenvalue weighted by Gasteiger charge is -2.38. The molecule has 0 aromatic heterocycles. The average molecular weight is 353 g/mol. The van der Waals surface area contributed by atoms with E-state index in [0.717, 1.165) is 37.4 Å². The molecule has 114 valence electrons. The van der Waals surface area contributed by atoms with Gasteiger partial charge < -0.3 is 9.80 Å². The molecule has 0 aliphatic carbocycles. The molecule has 1 aliphatic heterocycles. The molecule has 1 aliphatic rings. The summed E-state index contributed by atoms with van der Waals surface area (Å²) >= 11 is 3.42. The van der Waals surface area contributed by atoms with Crippen LogP contribution < -0.4 is 4.90 Å². The highest BCUT2D eigenvalue weighted by molar-refractivity contribution is 9.10. The van der Waals surface area contributed by atoms with Gasteiger partial charge in [-0.3, -0.25) is 9.59 Å². The first kappa shape index (κ1) is 16.0. The smallest absolute Gasteiger partial charge is 0.239 e. The number of nitrogens with zero attached hydrogens (tertiary/aromatic N) is 2. The molecule has 2 rings (SSSR count). The zero-order valence-corrected chi connectivity index (χ0v) is 14.3. The number of ketones is 1. The van der Waals surface area contributed by atoms with Gasteiger partial charge in [-0.15, -0.1) is 0 Å². The third-order valence-corrected chi connectivity index (χ3v) is 4.05. The van der Waals surface area contributed by atoms with Crippen LogP contribution in [0.1, 0.15) is 31.1 Å². The Bertz CT molecular complexity index is 526. The Hall–Kier alpha value is -1.36. The molecule has 0 radical (unpaired) electrons. The van der Waals surface area contributed by atoms with E-state index >= 15 is 0 Å². The summed E-state index contributed by atoms with van der Waals surface area (Å²) in [7, 11) is 0.